The van der Waals surface area contributed by atoms with Crippen LogP contribution in [0.3, 0.4) is 0 Å². The first-order valence-corrected chi connectivity index (χ1v) is 9.88. The fourth-order valence-electron chi connectivity index (χ4n) is 3.82. The zero-order valence-corrected chi connectivity index (χ0v) is 16.6. The van der Waals surface area contributed by atoms with Gasteiger partial charge in [0.15, 0.2) is 5.65 Å². The van der Waals surface area contributed by atoms with Gasteiger partial charge >= 0.3 is 0 Å². The number of amides is 1. The molecule has 0 radical (unpaired) electrons. The maximum Gasteiger partial charge on any atom is 0.257 e. The number of aromatic nitrogens is 2. The molecule has 1 saturated heterocycles. The van der Waals surface area contributed by atoms with Crippen LogP contribution < -0.4 is 5.32 Å². The van der Waals surface area contributed by atoms with Gasteiger partial charge in [0, 0.05) is 36.1 Å². The first-order valence-electron chi connectivity index (χ1n) is 9.88. The molecule has 1 N–H and O–H groups in total. The van der Waals surface area contributed by atoms with E-state index in [9.17, 15) is 10.1 Å². The number of carbonyl (C=O) groups excluding carboxylic acids is 1. The van der Waals surface area contributed by atoms with E-state index in [0.717, 1.165) is 42.7 Å². The Morgan fingerprint density at radius 1 is 1.31 bits per heavy atom. The second-order valence-corrected chi connectivity index (χ2v) is 7.69. The van der Waals surface area contributed by atoms with Crippen LogP contribution in [0, 0.1) is 24.2 Å². The number of nitriles is 1. The second kappa shape index (κ2) is 7.88. The lowest BCUT2D eigenvalue weighted by Gasteiger charge is -2.31. The lowest BCUT2D eigenvalue weighted by molar-refractivity contribution is 0.0684. The third-order valence-corrected chi connectivity index (χ3v) is 5.30. The Kier molecular flexibility index (Phi) is 5.13. The Morgan fingerprint density at radius 3 is 2.97 bits per heavy atom. The van der Waals surface area contributed by atoms with Gasteiger partial charge in [-0.05, 0) is 56.0 Å². The standard InChI is InChI=1S/C23H23N5O/c1-15-5-4-10-28(14-15)23(29)20-13-25-22-19(9-8-16(2)26-22)21(20)27-18-7-3-6-17(11-18)12-24/h3,6-9,11,13,15H,4-5,10,14H2,1-2H3,(H,25,26,27)/t15-/m0/s1. The molecule has 0 bridgehead atoms. The molecule has 4 rings (SSSR count). The smallest absolute Gasteiger partial charge is 0.257 e. The third-order valence-electron chi connectivity index (χ3n) is 5.30. The summed E-state index contributed by atoms with van der Waals surface area (Å²) in [6.45, 7) is 5.61. The number of fused-ring (bicyclic) bond motifs is 1. The predicted molar refractivity (Wildman–Crippen MR) is 113 cm³/mol. The number of aryl methyl sites for hydroxylation is 1. The van der Waals surface area contributed by atoms with E-state index >= 15 is 0 Å². The van der Waals surface area contributed by atoms with Gasteiger partial charge in [-0.3, -0.25) is 4.79 Å². The summed E-state index contributed by atoms with van der Waals surface area (Å²) in [4.78, 5) is 24.2. The fourth-order valence-corrected chi connectivity index (χ4v) is 3.82. The van der Waals surface area contributed by atoms with Gasteiger partial charge in [-0.1, -0.05) is 13.0 Å². The van der Waals surface area contributed by atoms with E-state index in [1.807, 2.05) is 36.1 Å². The number of likely N-dealkylation sites (tertiary alicyclic amines) is 1. The highest BCUT2D eigenvalue weighted by Gasteiger charge is 2.25. The van der Waals surface area contributed by atoms with Crippen molar-refractivity contribution in [3.8, 4) is 6.07 Å². The maximum atomic E-state index is 13.4. The highest BCUT2D eigenvalue weighted by molar-refractivity contribution is 6.07. The normalized spacial score (nSPS) is 16.4. The summed E-state index contributed by atoms with van der Waals surface area (Å²) in [5, 5.41) is 13.4. The molecule has 3 aromatic rings. The summed E-state index contributed by atoms with van der Waals surface area (Å²) in [6.07, 6.45) is 3.78. The molecule has 1 aromatic carbocycles. The van der Waals surface area contributed by atoms with Crippen molar-refractivity contribution in [3.63, 3.8) is 0 Å². The van der Waals surface area contributed by atoms with Crippen LogP contribution in [0.5, 0.6) is 0 Å². The topological polar surface area (TPSA) is 81.9 Å². The number of hydrogen-bond acceptors (Lipinski definition) is 5. The summed E-state index contributed by atoms with van der Waals surface area (Å²) >= 11 is 0. The summed E-state index contributed by atoms with van der Waals surface area (Å²) in [5.41, 5.74) is 3.97. The van der Waals surface area contributed by atoms with Gasteiger partial charge in [-0.15, -0.1) is 0 Å². The van der Waals surface area contributed by atoms with Crippen molar-refractivity contribution < 1.29 is 4.79 Å². The maximum absolute atomic E-state index is 13.4. The van der Waals surface area contributed by atoms with E-state index in [-0.39, 0.29) is 5.91 Å². The highest BCUT2D eigenvalue weighted by atomic mass is 16.2. The Hall–Kier alpha value is -3.46. The van der Waals surface area contributed by atoms with Crippen LogP contribution in [-0.2, 0) is 0 Å². The molecule has 0 unspecified atom stereocenters. The van der Waals surface area contributed by atoms with Crippen LogP contribution in [0.15, 0.2) is 42.6 Å². The van der Waals surface area contributed by atoms with Crippen LogP contribution in [0.1, 0.15) is 41.4 Å². The van der Waals surface area contributed by atoms with Crippen LogP contribution in [0.4, 0.5) is 11.4 Å². The number of nitrogens with one attached hydrogen (secondary N) is 1. The van der Waals surface area contributed by atoms with Gasteiger partial charge in [0.1, 0.15) is 0 Å². The van der Waals surface area contributed by atoms with Crippen molar-refractivity contribution in [2.45, 2.75) is 26.7 Å². The van der Waals surface area contributed by atoms with Crippen molar-refractivity contribution >= 4 is 28.3 Å². The molecule has 6 nitrogen and oxygen atoms in total. The van der Waals surface area contributed by atoms with Crippen LogP contribution in [0.25, 0.3) is 11.0 Å². The summed E-state index contributed by atoms with van der Waals surface area (Å²) in [5.74, 6) is 0.472. The number of hydrogen-bond donors (Lipinski definition) is 1. The van der Waals surface area contributed by atoms with Crippen molar-refractivity contribution in [1.82, 2.24) is 14.9 Å². The molecule has 1 amide bonds. The third kappa shape index (κ3) is 3.90. The molecule has 146 valence electrons. The summed E-state index contributed by atoms with van der Waals surface area (Å²) in [6, 6.07) is 13.2. The fraction of sp³-hybridized carbons (Fsp3) is 0.304. The number of benzene rings is 1. The number of rotatable bonds is 3. The van der Waals surface area contributed by atoms with E-state index in [1.54, 1.807) is 18.3 Å². The molecular formula is C23H23N5O. The predicted octanol–water partition coefficient (Wildman–Crippen LogP) is 4.43. The minimum Gasteiger partial charge on any atom is -0.354 e. The number of anilines is 2. The summed E-state index contributed by atoms with van der Waals surface area (Å²) < 4.78 is 0. The molecule has 6 heteroatoms. The lowest BCUT2D eigenvalue weighted by atomic mass is 9.99. The Bertz CT molecular complexity index is 1120. The van der Waals surface area contributed by atoms with E-state index in [4.69, 9.17) is 0 Å². The van der Waals surface area contributed by atoms with E-state index in [2.05, 4.69) is 28.3 Å². The van der Waals surface area contributed by atoms with Crippen molar-refractivity contribution in [2.24, 2.45) is 5.92 Å². The zero-order valence-electron chi connectivity index (χ0n) is 16.6. The van der Waals surface area contributed by atoms with Gasteiger partial charge in [0.2, 0.25) is 0 Å². The van der Waals surface area contributed by atoms with Crippen molar-refractivity contribution in [1.29, 1.82) is 5.26 Å². The molecule has 0 aliphatic carbocycles. The van der Waals surface area contributed by atoms with Gasteiger partial charge in [0.25, 0.3) is 5.91 Å². The number of nitrogens with zero attached hydrogens (tertiary/aromatic N) is 4. The zero-order chi connectivity index (χ0) is 20.4. The minimum atomic E-state index is -0.0227. The average Bonchev–Trinajstić information content (AvgIpc) is 2.73. The number of pyridine rings is 2. The van der Waals surface area contributed by atoms with Crippen molar-refractivity contribution in [3.05, 3.63) is 59.4 Å². The quantitative estimate of drug-likeness (QED) is 0.721. The molecule has 1 aliphatic heterocycles. The number of piperidine rings is 1. The average molecular weight is 385 g/mol. The molecule has 1 aliphatic rings. The summed E-state index contributed by atoms with van der Waals surface area (Å²) in [7, 11) is 0. The van der Waals surface area contributed by atoms with Crippen molar-refractivity contribution in [2.75, 3.05) is 18.4 Å². The Morgan fingerprint density at radius 2 is 2.17 bits per heavy atom. The highest BCUT2D eigenvalue weighted by Crippen LogP contribution is 2.31. The second-order valence-electron chi connectivity index (χ2n) is 7.69. The number of carbonyl (C=O) groups is 1. The molecular weight excluding hydrogens is 362 g/mol. The molecule has 0 saturated carbocycles. The van der Waals surface area contributed by atoms with Crippen LogP contribution in [0.2, 0.25) is 0 Å². The monoisotopic (exact) mass is 385 g/mol. The minimum absolute atomic E-state index is 0.0227. The van der Waals surface area contributed by atoms with Gasteiger partial charge in [0.05, 0.1) is 22.9 Å². The van der Waals surface area contributed by atoms with Gasteiger partial charge in [-0.2, -0.15) is 5.26 Å². The van der Waals surface area contributed by atoms with Crippen LogP contribution in [-0.4, -0.2) is 33.9 Å². The first-order chi connectivity index (χ1) is 14.0. The van der Waals surface area contributed by atoms with E-state index in [0.29, 0.717) is 28.4 Å². The molecule has 2 aromatic heterocycles. The molecule has 29 heavy (non-hydrogen) atoms. The Labute approximate surface area is 170 Å². The van der Waals surface area contributed by atoms with Crippen LogP contribution >= 0.6 is 0 Å². The Balaban J connectivity index is 1.81. The SMILES string of the molecule is Cc1ccc2c(Nc3cccc(C#N)c3)c(C(=O)N3CCC[C@H](C)C3)cnc2n1. The van der Waals surface area contributed by atoms with E-state index in [1.165, 1.54) is 0 Å². The largest absolute Gasteiger partial charge is 0.354 e. The molecule has 0 spiro atoms. The molecule has 1 fully saturated rings. The lowest BCUT2D eigenvalue weighted by Crippen LogP contribution is -2.39. The first kappa shape index (κ1) is 18.9. The molecule has 1 atom stereocenters. The molecule has 3 heterocycles. The van der Waals surface area contributed by atoms with E-state index < -0.39 is 0 Å². The van der Waals surface area contributed by atoms with Gasteiger partial charge in [-0.25, -0.2) is 9.97 Å². The van der Waals surface area contributed by atoms with Gasteiger partial charge < -0.3 is 10.2 Å².